The molecule has 1 fully saturated rings. The number of benzene rings is 4. The summed E-state index contributed by atoms with van der Waals surface area (Å²) in [5.74, 6) is -7.28. The standard InChI is InChI=1S/C37H27ClN2O12S/c38-19-13-24(30(43)21-9-4-5-12-26(21)41)33(46)25(14-19)32(45)22-10-6-11-23(31(22)44)37(50)52-15-18-17-53-35-28(34(47)40(35)29(18)36(48)49)39-27(42)16-51-20-7-2-1-3-8-20/h1-14,28,35,41,44,46H,15-17H2,(H,39,42)(H,48,49)/t28-,35-/m1/s1. The third-order valence-electron chi connectivity index (χ3n) is 8.27. The predicted octanol–water partition coefficient (Wildman–Crippen LogP) is 3.89. The Labute approximate surface area is 309 Å². The summed E-state index contributed by atoms with van der Waals surface area (Å²) in [6.45, 7) is -0.968. The van der Waals surface area contributed by atoms with Gasteiger partial charge in [0, 0.05) is 16.3 Å². The molecule has 2 aliphatic rings. The van der Waals surface area contributed by atoms with Gasteiger partial charge in [-0.2, -0.15) is 0 Å². The van der Waals surface area contributed by atoms with Crippen molar-refractivity contribution in [2.24, 2.45) is 0 Å². The maximum Gasteiger partial charge on any atom is 0.352 e. The second-order valence-electron chi connectivity index (χ2n) is 11.6. The molecule has 0 radical (unpaired) electrons. The molecular formula is C37H27ClN2O12S. The maximum atomic E-state index is 13.6. The number of phenols is 3. The van der Waals surface area contributed by atoms with Crippen LogP contribution in [0.4, 0.5) is 0 Å². The molecule has 53 heavy (non-hydrogen) atoms. The van der Waals surface area contributed by atoms with Crippen molar-refractivity contribution in [3.63, 3.8) is 0 Å². The second kappa shape index (κ2) is 15.1. The number of aliphatic carboxylic acids is 1. The lowest BCUT2D eigenvalue weighted by molar-refractivity contribution is -0.151. The van der Waals surface area contributed by atoms with Gasteiger partial charge in [-0.3, -0.25) is 24.1 Å². The van der Waals surface area contributed by atoms with Crippen molar-refractivity contribution in [2.45, 2.75) is 11.4 Å². The maximum absolute atomic E-state index is 13.6. The summed E-state index contributed by atoms with van der Waals surface area (Å²) in [5, 5.41) is 43.8. The quantitative estimate of drug-likeness (QED) is 0.0788. The molecular weight excluding hydrogens is 732 g/mol. The highest BCUT2D eigenvalue weighted by Gasteiger charge is 2.54. The number of thioether (sulfide) groups is 1. The van der Waals surface area contributed by atoms with Gasteiger partial charge < -0.3 is 35.2 Å². The molecule has 2 heterocycles. The van der Waals surface area contributed by atoms with Gasteiger partial charge in [-0.25, -0.2) is 9.59 Å². The van der Waals surface area contributed by atoms with E-state index in [2.05, 4.69) is 5.32 Å². The number of esters is 1. The molecule has 1 saturated heterocycles. The molecule has 2 atom stereocenters. The van der Waals surface area contributed by atoms with Gasteiger partial charge in [-0.1, -0.05) is 48.0 Å². The zero-order chi connectivity index (χ0) is 38.0. The number of halogens is 1. The zero-order valence-electron chi connectivity index (χ0n) is 27.1. The van der Waals surface area contributed by atoms with Crippen LogP contribution in [0.1, 0.15) is 42.2 Å². The van der Waals surface area contributed by atoms with Gasteiger partial charge in [0.25, 0.3) is 11.8 Å². The first-order valence-electron chi connectivity index (χ1n) is 15.6. The number of nitrogens with one attached hydrogen (secondary N) is 1. The van der Waals surface area contributed by atoms with E-state index in [9.17, 15) is 49.2 Å². The summed E-state index contributed by atoms with van der Waals surface area (Å²) in [4.78, 5) is 78.6. The van der Waals surface area contributed by atoms with Crippen LogP contribution in [0, 0.1) is 0 Å². The van der Waals surface area contributed by atoms with Crippen molar-refractivity contribution in [1.29, 1.82) is 0 Å². The molecule has 0 spiro atoms. The van der Waals surface area contributed by atoms with Crippen LogP contribution in [0.2, 0.25) is 5.02 Å². The highest BCUT2D eigenvalue weighted by molar-refractivity contribution is 8.00. The lowest BCUT2D eigenvalue weighted by Gasteiger charge is -2.49. The molecule has 0 saturated carbocycles. The summed E-state index contributed by atoms with van der Waals surface area (Å²) >= 11 is 7.32. The van der Waals surface area contributed by atoms with Crippen LogP contribution in [-0.4, -0.2) is 91.0 Å². The number of nitrogens with zero attached hydrogens (tertiary/aromatic N) is 1. The van der Waals surface area contributed by atoms with Crippen molar-refractivity contribution in [3.05, 3.63) is 129 Å². The van der Waals surface area contributed by atoms with Crippen molar-refractivity contribution in [3.8, 4) is 23.0 Å². The third-order valence-corrected chi connectivity index (χ3v) is 9.83. The molecule has 14 nitrogen and oxygen atoms in total. The van der Waals surface area contributed by atoms with Crippen molar-refractivity contribution < 1.29 is 58.7 Å². The van der Waals surface area contributed by atoms with Gasteiger partial charge in [0.15, 0.2) is 6.61 Å². The summed E-state index contributed by atoms with van der Waals surface area (Å²) in [7, 11) is 0. The summed E-state index contributed by atoms with van der Waals surface area (Å²) in [5.41, 5.74) is -2.36. The zero-order valence-corrected chi connectivity index (χ0v) is 28.7. The Morgan fingerprint density at radius 3 is 2.09 bits per heavy atom. The van der Waals surface area contributed by atoms with Gasteiger partial charge in [-0.05, 0) is 48.5 Å². The summed E-state index contributed by atoms with van der Waals surface area (Å²) < 4.78 is 10.7. The summed E-state index contributed by atoms with van der Waals surface area (Å²) in [6.07, 6.45) is 0. The highest BCUT2D eigenvalue weighted by Crippen LogP contribution is 2.41. The van der Waals surface area contributed by atoms with E-state index in [-0.39, 0.29) is 34.3 Å². The van der Waals surface area contributed by atoms with E-state index in [0.29, 0.717) is 5.75 Å². The van der Waals surface area contributed by atoms with Crippen molar-refractivity contribution >= 4 is 58.7 Å². The van der Waals surface area contributed by atoms with E-state index in [1.165, 1.54) is 30.3 Å². The smallest absolute Gasteiger partial charge is 0.352 e. The summed E-state index contributed by atoms with van der Waals surface area (Å²) in [6, 6.07) is 18.8. The monoisotopic (exact) mass is 758 g/mol. The molecule has 0 unspecified atom stereocenters. The Kier molecular flexibility index (Phi) is 10.4. The minimum Gasteiger partial charge on any atom is -0.507 e. The number of fused-ring (bicyclic) bond motifs is 1. The van der Waals surface area contributed by atoms with E-state index in [1.807, 2.05) is 0 Å². The Hall–Kier alpha value is -6.32. The topological polar surface area (TPSA) is 217 Å². The Bertz CT molecular complexity index is 2220. The number of hydrogen-bond acceptors (Lipinski definition) is 12. The number of amides is 2. The third kappa shape index (κ3) is 7.24. The molecule has 0 bridgehead atoms. The van der Waals surface area contributed by atoms with Gasteiger partial charge in [-0.15, -0.1) is 11.8 Å². The van der Waals surface area contributed by atoms with E-state index < -0.39 is 92.8 Å². The predicted molar refractivity (Wildman–Crippen MR) is 188 cm³/mol. The molecule has 2 aliphatic heterocycles. The lowest BCUT2D eigenvalue weighted by atomic mass is 9.94. The first-order chi connectivity index (χ1) is 25.4. The number of β-lactam (4-membered cyclic amide) rings is 1. The number of hydrogen-bond donors (Lipinski definition) is 5. The van der Waals surface area contributed by atoms with Crippen molar-refractivity contribution in [2.75, 3.05) is 19.0 Å². The second-order valence-corrected chi connectivity index (χ2v) is 13.2. The molecule has 2 amide bonds. The fraction of sp³-hybridized carbons (Fsp3) is 0.135. The first-order valence-corrected chi connectivity index (χ1v) is 17.1. The number of rotatable bonds is 12. The van der Waals surface area contributed by atoms with Gasteiger partial charge in [0.05, 0.1) is 22.3 Å². The van der Waals surface area contributed by atoms with Crippen molar-refractivity contribution in [1.82, 2.24) is 10.2 Å². The number of aromatic hydroxyl groups is 3. The first kappa shape index (κ1) is 36.5. The van der Waals surface area contributed by atoms with Crippen LogP contribution in [-0.2, 0) is 19.1 Å². The largest absolute Gasteiger partial charge is 0.507 e. The van der Waals surface area contributed by atoms with Gasteiger partial charge >= 0.3 is 11.9 Å². The fourth-order valence-corrected chi connectivity index (χ4v) is 7.24. The fourth-order valence-electron chi connectivity index (χ4n) is 5.70. The minimum absolute atomic E-state index is 0.0105. The number of ether oxygens (including phenoxy) is 2. The average molecular weight is 759 g/mol. The molecule has 16 heteroatoms. The Morgan fingerprint density at radius 2 is 1.42 bits per heavy atom. The van der Waals surface area contributed by atoms with E-state index >= 15 is 0 Å². The molecule has 0 aliphatic carbocycles. The number of carbonyl (C=O) groups excluding carboxylic acids is 5. The van der Waals surface area contributed by atoms with E-state index in [0.717, 1.165) is 40.9 Å². The normalized spacial score (nSPS) is 16.2. The molecule has 4 aromatic rings. The molecule has 5 N–H and O–H groups in total. The number of carbonyl (C=O) groups is 6. The van der Waals surface area contributed by atoms with E-state index in [1.54, 1.807) is 30.3 Å². The van der Waals surface area contributed by atoms with Crippen LogP contribution in [0.5, 0.6) is 23.0 Å². The molecule has 270 valence electrons. The Morgan fingerprint density at radius 1 is 0.811 bits per heavy atom. The van der Waals surface area contributed by atoms with Crippen LogP contribution in [0.3, 0.4) is 0 Å². The van der Waals surface area contributed by atoms with Crippen LogP contribution in [0.25, 0.3) is 0 Å². The van der Waals surface area contributed by atoms with Crippen LogP contribution < -0.4 is 10.1 Å². The number of para-hydroxylation sites is 3. The SMILES string of the molecule is O=C(COc1ccccc1)N[C@@H]1C(=O)N2C(C(=O)O)=C(COC(=O)c3cccc(C(=O)c4cc(Cl)cc(C(=O)c5ccccc5O)c4O)c3O)CS[C@H]12. The van der Waals surface area contributed by atoms with E-state index in [4.69, 9.17) is 21.1 Å². The molecule has 4 aromatic carbocycles. The molecule has 6 rings (SSSR count). The minimum atomic E-state index is -1.47. The van der Waals surface area contributed by atoms with Crippen LogP contribution >= 0.6 is 23.4 Å². The Balaban J connectivity index is 1.15. The number of ketones is 2. The number of carboxylic acids is 1. The molecule has 0 aromatic heterocycles. The van der Waals surface area contributed by atoms with Crippen LogP contribution in [0.15, 0.2) is 96.2 Å². The number of carboxylic acid groups (broad SMARTS) is 1. The lowest BCUT2D eigenvalue weighted by Crippen LogP contribution is -2.71. The average Bonchev–Trinajstić information content (AvgIpc) is 3.15. The number of phenolic OH excluding ortho intramolecular Hbond substituents is 3. The van der Waals surface area contributed by atoms with Gasteiger partial charge in [0.2, 0.25) is 11.6 Å². The van der Waals surface area contributed by atoms with Gasteiger partial charge in [0.1, 0.15) is 52.3 Å². The highest BCUT2D eigenvalue weighted by atomic mass is 35.5.